The van der Waals surface area contributed by atoms with Crippen LogP contribution in [-0.4, -0.2) is 44.9 Å². The summed E-state index contributed by atoms with van der Waals surface area (Å²) < 4.78 is 4.98. The van der Waals surface area contributed by atoms with E-state index in [4.69, 9.17) is 4.74 Å². The molecule has 5 heteroatoms. The molecule has 1 atom stereocenters. The molecule has 0 aliphatic rings. The zero-order chi connectivity index (χ0) is 14.3. The van der Waals surface area contributed by atoms with Crippen LogP contribution < -0.4 is 10.2 Å². The zero-order valence-electron chi connectivity index (χ0n) is 11.7. The Morgan fingerprint density at radius 3 is 2.53 bits per heavy atom. The molecule has 1 amide bonds. The quantitative estimate of drug-likeness (QED) is 0.771. The second kappa shape index (κ2) is 7.76. The molecule has 19 heavy (non-hydrogen) atoms. The second-order valence-electron chi connectivity index (χ2n) is 4.44. The molecule has 5 nitrogen and oxygen atoms in total. The molecular formula is C14H22N2O3. The average Bonchev–Trinajstić information content (AvgIpc) is 2.42. The standard InChI is InChI=1S/C14H22N2O3/c1-4-19-10-14(18)15-9-13(17)11-5-7-12(8-6-11)16(2)3/h5-8,13,17H,4,9-10H2,1-3H3,(H,15,18)/t13-/m0/s1. The maximum absolute atomic E-state index is 11.3. The van der Waals surface area contributed by atoms with Crippen molar-refractivity contribution in [3.63, 3.8) is 0 Å². The van der Waals surface area contributed by atoms with Crippen molar-refractivity contribution in [2.24, 2.45) is 0 Å². The molecule has 0 saturated carbocycles. The van der Waals surface area contributed by atoms with Crippen LogP contribution in [0.1, 0.15) is 18.6 Å². The van der Waals surface area contributed by atoms with Crippen molar-refractivity contribution in [2.45, 2.75) is 13.0 Å². The summed E-state index contributed by atoms with van der Waals surface area (Å²) in [6, 6.07) is 7.57. The Kier molecular flexibility index (Phi) is 6.32. The number of amides is 1. The lowest BCUT2D eigenvalue weighted by Gasteiger charge is -2.15. The van der Waals surface area contributed by atoms with E-state index in [9.17, 15) is 9.90 Å². The number of aliphatic hydroxyl groups is 1. The van der Waals surface area contributed by atoms with E-state index in [1.165, 1.54) is 0 Å². The lowest BCUT2D eigenvalue weighted by atomic mass is 10.1. The Labute approximate surface area is 114 Å². The molecule has 1 rings (SSSR count). The minimum Gasteiger partial charge on any atom is -0.387 e. The van der Waals surface area contributed by atoms with E-state index in [0.29, 0.717) is 6.61 Å². The van der Waals surface area contributed by atoms with Gasteiger partial charge in [-0.1, -0.05) is 12.1 Å². The fraction of sp³-hybridized carbons (Fsp3) is 0.500. The van der Waals surface area contributed by atoms with Crippen molar-refractivity contribution >= 4 is 11.6 Å². The molecule has 0 unspecified atom stereocenters. The molecule has 0 spiro atoms. The van der Waals surface area contributed by atoms with Gasteiger partial charge >= 0.3 is 0 Å². The summed E-state index contributed by atoms with van der Waals surface area (Å²) in [4.78, 5) is 13.3. The number of hydrogen-bond donors (Lipinski definition) is 2. The number of anilines is 1. The lowest BCUT2D eigenvalue weighted by Crippen LogP contribution is -2.31. The number of hydrogen-bond acceptors (Lipinski definition) is 4. The molecule has 1 aromatic carbocycles. The fourth-order valence-corrected chi connectivity index (χ4v) is 1.57. The van der Waals surface area contributed by atoms with Crippen LogP contribution in [0.3, 0.4) is 0 Å². The van der Waals surface area contributed by atoms with Crippen LogP contribution in [-0.2, 0) is 9.53 Å². The highest BCUT2D eigenvalue weighted by molar-refractivity contribution is 5.77. The number of aliphatic hydroxyl groups excluding tert-OH is 1. The van der Waals surface area contributed by atoms with Crippen molar-refractivity contribution in [3.05, 3.63) is 29.8 Å². The Hall–Kier alpha value is -1.59. The van der Waals surface area contributed by atoms with Gasteiger partial charge in [0, 0.05) is 32.9 Å². The first-order valence-corrected chi connectivity index (χ1v) is 6.34. The van der Waals surface area contributed by atoms with Gasteiger partial charge in [-0.05, 0) is 24.6 Å². The molecule has 0 radical (unpaired) electrons. The fourth-order valence-electron chi connectivity index (χ4n) is 1.57. The SMILES string of the molecule is CCOCC(=O)NC[C@H](O)c1ccc(N(C)C)cc1. The minimum absolute atomic E-state index is 0.0305. The Morgan fingerprint density at radius 1 is 1.37 bits per heavy atom. The van der Waals surface area contributed by atoms with Gasteiger partial charge < -0.3 is 20.1 Å². The molecule has 0 aliphatic heterocycles. The third-order valence-corrected chi connectivity index (χ3v) is 2.72. The van der Waals surface area contributed by atoms with Crippen LogP contribution in [0.4, 0.5) is 5.69 Å². The summed E-state index contributed by atoms with van der Waals surface area (Å²) in [5.41, 5.74) is 1.85. The van der Waals surface area contributed by atoms with Crippen molar-refractivity contribution in [3.8, 4) is 0 Å². The maximum Gasteiger partial charge on any atom is 0.246 e. The van der Waals surface area contributed by atoms with Crippen molar-refractivity contribution < 1.29 is 14.6 Å². The first kappa shape index (κ1) is 15.5. The molecule has 106 valence electrons. The van der Waals surface area contributed by atoms with Crippen molar-refractivity contribution in [1.29, 1.82) is 0 Å². The van der Waals surface area contributed by atoms with Gasteiger partial charge in [0.15, 0.2) is 0 Å². The number of nitrogens with zero attached hydrogens (tertiary/aromatic N) is 1. The monoisotopic (exact) mass is 266 g/mol. The normalized spacial score (nSPS) is 12.0. The van der Waals surface area contributed by atoms with Crippen LogP contribution >= 0.6 is 0 Å². The molecule has 0 saturated heterocycles. The van der Waals surface area contributed by atoms with E-state index in [-0.39, 0.29) is 19.1 Å². The molecule has 0 aromatic heterocycles. The van der Waals surface area contributed by atoms with E-state index < -0.39 is 6.10 Å². The number of benzene rings is 1. The number of ether oxygens (including phenoxy) is 1. The largest absolute Gasteiger partial charge is 0.387 e. The highest BCUT2D eigenvalue weighted by Gasteiger charge is 2.09. The maximum atomic E-state index is 11.3. The third kappa shape index (κ3) is 5.28. The van der Waals surface area contributed by atoms with E-state index in [1.807, 2.05) is 50.2 Å². The first-order valence-electron chi connectivity index (χ1n) is 6.34. The minimum atomic E-state index is -0.707. The highest BCUT2D eigenvalue weighted by atomic mass is 16.5. The van der Waals surface area contributed by atoms with E-state index in [2.05, 4.69) is 5.32 Å². The van der Waals surface area contributed by atoms with E-state index in [0.717, 1.165) is 11.3 Å². The number of rotatable bonds is 7. The van der Waals surface area contributed by atoms with Gasteiger partial charge in [-0.25, -0.2) is 0 Å². The van der Waals surface area contributed by atoms with Gasteiger partial charge in [-0.15, -0.1) is 0 Å². The van der Waals surface area contributed by atoms with E-state index in [1.54, 1.807) is 0 Å². The predicted octanol–water partition coefficient (Wildman–Crippen LogP) is 0.939. The van der Waals surface area contributed by atoms with Gasteiger partial charge in [0.2, 0.25) is 5.91 Å². The zero-order valence-corrected chi connectivity index (χ0v) is 11.7. The van der Waals surface area contributed by atoms with Crippen molar-refractivity contribution in [1.82, 2.24) is 5.32 Å². The molecule has 2 N–H and O–H groups in total. The van der Waals surface area contributed by atoms with E-state index >= 15 is 0 Å². The molecule has 0 bridgehead atoms. The van der Waals surface area contributed by atoms with Crippen LogP contribution in [0.25, 0.3) is 0 Å². The Bertz CT molecular complexity index is 390. The molecule has 0 aliphatic carbocycles. The average molecular weight is 266 g/mol. The lowest BCUT2D eigenvalue weighted by molar-refractivity contribution is -0.126. The summed E-state index contributed by atoms with van der Waals surface area (Å²) in [7, 11) is 3.92. The summed E-state index contributed by atoms with van der Waals surface area (Å²) >= 11 is 0. The number of carbonyl (C=O) groups excluding carboxylic acids is 1. The summed E-state index contributed by atoms with van der Waals surface area (Å²) in [5.74, 6) is -0.217. The van der Waals surface area contributed by atoms with Crippen LogP contribution in [0.2, 0.25) is 0 Å². The molecule has 0 heterocycles. The highest BCUT2D eigenvalue weighted by Crippen LogP contribution is 2.17. The van der Waals surface area contributed by atoms with Gasteiger partial charge in [-0.3, -0.25) is 4.79 Å². The number of nitrogens with one attached hydrogen (secondary N) is 1. The van der Waals surface area contributed by atoms with Gasteiger partial charge in [-0.2, -0.15) is 0 Å². The molecule has 0 fully saturated rings. The second-order valence-corrected chi connectivity index (χ2v) is 4.44. The Morgan fingerprint density at radius 2 is 2.00 bits per heavy atom. The topological polar surface area (TPSA) is 61.8 Å². The van der Waals surface area contributed by atoms with Crippen LogP contribution in [0.5, 0.6) is 0 Å². The third-order valence-electron chi connectivity index (χ3n) is 2.72. The summed E-state index contributed by atoms with van der Waals surface area (Å²) in [6.07, 6.45) is -0.707. The molecule has 1 aromatic rings. The van der Waals surface area contributed by atoms with Gasteiger partial charge in [0.05, 0.1) is 6.10 Å². The number of carbonyl (C=O) groups is 1. The summed E-state index contributed by atoms with van der Waals surface area (Å²) in [5, 5.41) is 12.6. The first-order chi connectivity index (χ1) is 9.04. The van der Waals surface area contributed by atoms with Crippen LogP contribution in [0.15, 0.2) is 24.3 Å². The van der Waals surface area contributed by atoms with Gasteiger partial charge in [0.1, 0.15) is 6.61 Å². The summed E-state index contributed by atoms with van der Waals surface area (Å²) in [6.45, 7) is 2.55. The smallest absolute Gasteiger partial charge is 0.246 e. The Balaban J connectivity index is 2.44. The molecular weight excluding hydrogens is 244 g/mol. The predicted molar refractivity (Wildman–Crippen MR) is 75.2 cm³/mol. The van der Waals surface area contributed by atoms with Gasteiger partial charge in [0.25, 0.3) is 0 Å². The van der Waals surface area contributed by atoms with Crippen LogP contribution in [0, 0.1) is 0 Å². The van der Waals surface area contributed by atoms with Crippen molar-refractivity contribution in [2.75, 3.05) is 38.8 Å².